The molecule has 1 aliphatic rings. The Kier molecular flexibility index (Phi) is 4.33. The number of rotatable bonds is 4. The van der Waals surface area contributed by atoms with Gasteiger partial charge in [-0.1, -0.05) is 23.2 Å². The van der Waals surface area contributed by atoms with E-state index in [2.05, 4.69) is 15.4 Å². The topological polar surface area (TPSA) is 52.0 Å². The fourth-order valence-corrected chi connectivity index (χ4v) is 3.06. The second-order valence-corrected chi connectivity index (χ2v) is 5.88. The van der Waals surface area contributed by atoms with Crippen molar-refractivity contribution in [3.8, 4) is 5.75 Å². The predicted octanol–water partition coefficient (Wildman–Crippen LogP) is 2.78. The molecule has 0 saturated carbocycles. The van der Waals surface area contributed by atoms with Gasteiger partial charge in [-0.15, -0.1) is 0 Å². The van der Waals surface area contributed by atoms with E-state index in [1.165, 1.54) is 0 Å². The van der Waals surface area contributed by atoms with Gasteiger partial charge in [0.2, 0.25) is 0 Å². The molecule has 1 N–H and O–H groups in total. The van der Waals surface area contributed by atoms with Crippen molar-refractivity contribution in [1.29, 1.82) is 0 Å². The van der Waals surface area contributed by atoms with Gasteiger partial charge in [0.25, 0.3) is 0 Å². The summed E-state index contributed by atoms with van der Waals surface area (Å²) in [5.74, 6) is 1.57. The standard InChI is InChI=1S/C14H16Cl2N4O/c1-20-8-18-13(19-20)2-4-17-12-3-5-21-14-10(12)6-9(15)7-11(14)16/h6-8,12,17H,2-5H2,1H3. The van der Waals surface area contributed by atoms with Crippen LogP contribution in [0.5, 0.6) is 5.75 Å². The van der Waals surface area contributed by atoms with Gasteiger partial charge in [-0.2, -0.15) is 5.10 Å². The van der Waals surface area contributed by atoms with Crippen LogP contribution in [0, 0.1) is 0 Å². The van der Waals surface area contributed by atoms with E-state index < -0.39 is 0 Å². The molecule has 0 aliphatic carbocycles. The molecule has 21 heavy (non-hydrogen) atoms. The minimum atomic E-state index is 0.189. The Morgan fingerprint density at radius 1 is 1.43 bits per heavy atom. The molecule has 0 saturated heterocycles. The van der Waals surface area contributed by atoms with E-state index in [1.807, 2.05) is 13.1 Å². The maximum absolute atomic E-state index is 6.19. The second-order valence-electron chi connectivity index (χ2n) is 5.03. The van der Waals surface area contributed by atoms with Gasteiger partial charge < -0.3 is 10.1 Å². The van der Waals surface area contributed by atoms with Crippen molar-refractivity contribution in [3.05, 3.63) is 39.9 Å². The molecule has 112 valence electrons. The zero-order chi connectivity index (χ0) is 14.8. The van der Waals surface area contributed by atoms with E-state index >= 15 is 0 Å². The number of hydrogen-bond donors (Lipinski definition) is 1. The number of hydrogen-bond acceptors (Lipinski definition) is 4. The smallest absolute Gasteiger partial charge is 0.151 e. The number of benzene rings is 1. The first-order chi connectivity index (χ1) is 10.1. The third-order valence-corrected chi connectivity index (χ3v) is 3.95. The van der Waals surface area contributed by atoms with Gasteiger partial charge >= 0.3 is 0 Å². The number of halogens is 2. The second kappa shape index (κ2) is 6.22. The van der Waals surface area contributed by atoms with Crippen LogP contribution in [-0.4, -0.2) is 27.9 Å². The molecule has 1 atom stereocenters. The molecule has 2 heterocycles. The highest BCUT2D eigenvalue weighted by molar-refractivity contribution is 6.35. The molecular formula is C14H16Cl2N4O. The first-order valence-corrected chi connectivity index (χ1v) is 7.58. The molecule has 3 rings (SSSR count). The van der Waals surface area contributed by atoms with Gasteiger partial charge in [-0.3, -0.25) is 4.68 Å². The molecule has 1 aromatic carbocycles. The molecule has 7 heteroatoms. The Labute approximate surface area is 133 Å². The largest absolute Gasteiger partial charge is 0.492 e. The molecule has 0 amide bonds. The fraction of sp³-hybridized carbons (Fsp3) is 0.429. The van der Waals surface area contributed by atoms with Crippen LogP contribution in [-0.2, 0) is 13.5 Å². The molecule has 0 bridgehead atoms. The van der Waals surface area contributed by atoms with E-state index in [-0.39, 0.29) is 6.04 Å². The summed E-state index contributed by atoms with van der Waals surface area (Å²) >= 11 is 12.3. The van der Waals surface area contributed by atoms with Crippen LogP contribution in [0.2, 0.25) is 10.0 Å². The van der Waals surface area contributed by atoms with Crippen molar-refractivity contribution in [3.63, 3.8) is 0 Å². The van der Waals surface area contributed by atoms with Crippen molar-refractivity contribution in [2.24, 2.45) is 7.05 Å². The molecular weight excluding hydrogens is 311 g/mol. The molecule has 5 nitrogen and oxygen atoms in total. The number of nitrogens with one attached hydrogen (secondary N) is 1. The van der Waals surface area contributed by atoms with E-state index in [0.717, 1.165) is 36.5 Å². The van der Waals surface area contributed by atoms with Gasteiger partial charge in [0.15, 0.2) is 5.82 Å². The summed E-state index contributed by atoms with van der Waals surface area (Å²) in [7, 11) is 1.86. The van der Waals surface area contributed by atoms with Gasteiger partial charge in [-0.25, -0.2) is 4.98 Å². The Morgan fingerprint density at radius 2 is 2.29 bits per heavy atom. The van der Waals surface area contributed by atoms with Crippen LogP contribution in [0.15, 0.2) is 18.5 Å². The average Bonchev–Trinajstić information content (AvgIpc) is 2.85. The van der Waals surface area contributed by atoms with Gasteiger partial charge in [0, 0.05) is 43.1 Å². The molecule has 0 radical (unpaired) electrons. The maximum Gasteiger partial charge on any atom is 0.151 e. The first-order valence-electron chi connectivity index (χ1n) is 6.83. The molecule has 1 aliphatic heterocycles. The van der Waals surface area contributed by atoms with E-state index in [9.17, 15) is 0 Å². The summed E-state index contributed by atoms with van der Waals surface area (Å²) in [6.45, 7) is 1.44. The summed E-state index contributed by atoms with van der Waals surface area (Å²) in [5.41, 5.74) is 1.02. The van der Waals surface area contributed by atoms with Crippen LogP contribution in [0.3, 0.4) is 0 Å². The average molecular weight is 327 g/mol. The lowest BCUT2D eigenvalue weighted by atomic mass is 10.0. The van der Waals surface area contributed by atoms with Crippen molar-refractivity contribution in [2.45, 2.75) is 18.9 Å². The molecule has 2 aromatic rings. The van der Waals surface area contributed by atoms with Gasteiger partial charge in [0.1, 0.15) is 12.1 Å². The summed E-state index contributed by atoms with van der Waals surface area (Å²) in [6, 6.07) is 3.81. The quantitative estimate of drug-likeness (QED) is 0.938. The van der Waals surface area contributed by atoms with Crippen molar-refractivity contribution in [2.75, 3.05) is 13.2 Å². The Hall–Kier alpha value is -1.30. The number of ether oxygens (including phenoxy) is 1. The van der Waals surface area contributed by atoms with Crippen LogP contribution in [0.1, 0.15) is 23.9 Å². The summed E-state index contributed by atoms with van der Waals surface area (Å²) in [6.07, 6.45) is 3.37. The lowest BCUT2D eigenvalue weighted by Crippen LogP contribution is -2.29. The third kappa shape index (κ3) is 3.31. The molecule has 1 aromatic heterocycles. The highest BCUT2D eigenvalue weighted by atomic mass is 35.5. The number of fused-ring (bicyclic) bond motifs is 1. The van der Waals surface area contributed by atoms with Crippen LogP contribution < -0.4 is 10.1 Å². The van der Waals surface area contributed by atoms with Crippen molar-refractivity contribution >= 4 is 23.2 Å². The van der Waals surface area contributed by atoms with Gasteiger partial charge in [-0.05, 0) is 12.1 Å². The predicted molar refractivity (Wildman–Crippen MR) is 82.0 cm³/mol. The Morgan fingerprint density at radius 3 is 3.05 bits per heavy atom. The molecule has 0 fully saturated rings. The van der Waals surface area contributed by atoms with E-state index in [4.69, 9.17) is 27.9 Å². The minimum Gasteiger partial charge on any atom is -0.492 e. The zero-order valence-corrected chi connectivity index (χ0v) is 13.2. The SMILES string of the molecule is Cn1cnc(CCNC2CCOc3c(Cl)cc(Cl)cc32)n1. The fourth-order valence-electron chi connectivity index (χ4n) is 2.49. The van der Waals surface area contributed by atoms with Crippen LogP contribution in [0.4, 0.5) is 0 Å². The maximum atomic E-state index is 6.19. The number of aromatic nitrogens is 3. The number of nitrogens with zero attached hydrogens (tertiary/aromatic N) is 3. The summed E-state index contributed by atoms with van der Waals surface area (Å²) < 4.78 is 7.36. The Balaban J connectivity index is 1.67. The Bertz CT molecular complexity index is 644. The lowest BCUT2D eigenvalue weighted by molar-refractivity contribution is 0.253. The summed E-state index contributed by atoms with van der Waals surface area (Å²) in [4.78, 5) is 4.22. The normalized spacial score (nSPS) is 17.4. The third-order valence-electron chi connectivity index (χ3n) is 3.45. The van der Waals surface area contributed by atoms with Crippen molar-refractivity contribution in [1.82, 2.24) is 20.1 Å². The van der Waals surface area contributed by atoms with Crippen LogP contribution in [0.25, 0.3) is 0 Å². The molecule has 1 unspecified atom stereocenters. The monoisotopic (exact) mass is 326 g/mol. The summed E-state index contributed by atoms with van der Waals surface area (Å²) in [5, 5.41) is 8.96. The van der Waals surface area contributed by atoms with Gasteiger partial charge in [0.05, 0.1) is 11.6 Å². The first kappa shape index (κ1) is 14.6. The van der Waals surface area contributed by atoms with Crippen molar-refractivity contribution < 1.29 is 4.74 Å². The van der Waals surface area contributed by atoms with Crippen LogP contribution >= 0.6 is 23.2 Å². The minimum absolute atomic E-state index is 0.189. The van der Waals surface area contributed by atoms with E-state index in [0.29, 0.717) is 16.7 Å². The number of aryl methyl sites for hydroxylation is 1. The lowest BCUT2D eigenvalue weighted by Gasteiger charge is -2.27. The van der Waals surface area contributed by atoms with E-state index in [1.54, 1.807) is 17.1 Å². The zero-order valence-electron chi connectivity index (χ0n) is 11.6. The highest BCUT2D eigenvalue weighted by Crippen LogP contribution is 2.39. The molecule has 0 spiro atoms. The highest BCUT2D eigenvalue weighted by Gasteiger charge is 2.23.